The van der Waals surface area contributed by atoms with Crippen LogP contribution in [0.5, 0.6) is 0 Å². The Morgan fingerprint density at radius 1 is 1.13 bits per heavy atom. The Morgan fingerprint density at radius 2 is 1.81 bits per heavy atom. The fourth-order valence-electron chi connectivity index (χ4n) is 4.18. The second-order valence-electron chi connectivity index (χ2n) is 8.00. The maximum atomic E-state index is 13.2. The number of carbonyl (C=O) groups excluding carboxylic acids is 2. The minimum atomic E-state index is -3.82. The average Bonchev–Trinajstić information content (AvgIpc) is 2.87. The highest BCUT2D eigenvalue weighted by molar-refractivity contribution is 7.86. The summed E-state index contributed by atoms with van der Waals surface area (Å²) >= 11 is 0. The van der Waals surface area contributed by atoms with Crippen molar-refractivity contribution in [2.24, 2.45) is 0 Å². The third kappa shape index (κ3) is 4.21. The second kappa shape index (κ2) is 8.41. The first-order chi connectivity index (χ1) is 14.8. The van der Waals surface area contributed by atoms with E-state index in [9.17, 15) is 18.0 Å². The highest BCUT2D eigenvalue weighted by atomic mass is 32.2. The molecule has 2 aliphatic rings. The summed E-state index contributed by atoms with van der Waals surface area (Å²) in [4.78, 5) is 26.9. The minimum absolute atomic E-state index is 0.139. The molecule has 2 heterocycles. The maximum absolute atomic E-state index is 13.2. The zero-order valence-corrected chi connectivity index (χ0v) is 18.4. The van der Waals surface area contributed by atoms with E-state index in [4.69, 9.17) is 0 Å². The number of nitrogens with one attached hydrogen (secondary N) is 1. The number of anilines is 2. The molecule has 0 aliphatic carbocycles. The fourth-order valence-corrected chi connectivity index (χ4v) is 5.47. The second-order valence-corrected chi connectivity index (χ2v) is 10.0. The van der Waals surface area contributed by atoms with Crippen LogP contribution in [0.2, 0.25) is 0 Å². The number of rotatable bonds is 4. The number of benzene rings is 2. The molecular weight excluding hydrogens is 416 g/mol. The van der Waals surface area contributed by atoms with Crippen molar-refractivity contribution in [2.75, 3.05) is 30.4 Å². The lowest BCUT2D eigenvalue weighted by atomic mass is 10.0. The number of amides is 2. The Morgan fingerprint density at radius 3 is 2.58 bits per heavy atom. The number of fused-ring (bicyclic) bond motifs is 2. The number of nitrogens with zero attached hydrogens (tertiary/aromatic N) is 3. The SMILES string of the molecule is CC1CC(=O)Nc2ccccc2N1C(=O)CN(C)S(=O)(=O)N1CCc2ccccc2C1. The lowest BCUT2D eigenvalue weighted by molar-refractivity contribution is -0.119. The van der Waals surface area contributed by atoms with E-state index >= 15 is 0 Å². The van der Waals surface area contributed by atoms with Gasteiger partial charge in [0.15, 0.2) is 0 Å². The van der Waals surface area contributed by atoms with E-state index in [1.54, 1.807) is 31.2 Å². The molecule has 2 aromatic rings. The van der Waals surface area contributed by atoms with Crippen LogP contribution in [0.1, 0.15) is 24.5 Å². The van der Waals surface area contributed by atoms with Crippen molar-refractivity contribution in [3.8, 4) is 0 Å². The van der Waals surface area contributed by atoms with Gasteiger partial charge in [0.05, 0.1) is 17.9 Å². The van der Waals surface area contributed by atoms with E-state index in [1.807, 2.05) is 24.3 Å². The van der Waals surface area contributed by atoms with Gasteiger partial charge in [0.2, 0.25) is 11.8 Å². The highest BCUT2D eigenvalue weighted by Gasteiger charge is 2.35. The van der Waals surface area contributed by atoms with Crippen LogP contribution in [-0.4, -0.2) is 55.0 Å². The Balaban J connectivity index is 1.53. The van der Waals surface area contributed by atoms with Gasteiger partial charge in [-0.2, -0.15) is 17.0 Å². The van der Waals surface area contributed by atoms with Crippen LogP contribution < -0.4 is 10.2 Å². The molecule has 2 amide bonds. The van der Waals surface area contributed by atoms with Crippen molar-refractivity contribution in [1.82, 2.24) is 8.61 Å². The van der Waals surface area contributed by atoms with Crippen molar-refractivity contribution < 1.29 is 18.0 Å². The van der Waals surface area contributed by atoms with Gasteiger partial charge in [-0.3, -0.25) is 9.59 Å². The van der Waals surface area contributed by atoms with Gasteiger partial charge >= 0.3 is 0 Å². The highest BCUT2D eigenvalue weighted by Crippen LogP contribution is 2.31. The molecule has 2 aromatic carbocycles. The molecule has 0 radical (unpaired) electrons. The van der Waals surface area contributed by atoms with E-state index in [-0.39, 0.29) is 24.8 Å². The van der Waals surface area contributed by atoms with Crippen LogP contribution in [0.15, 0.2) is 48.5 Å². The Labute approximate surface area is 182 Å². The van der Waals surface area contributed by atoms with Gasteiger partial charge in [-0.15, -0.1) is 0 Å². The van der Waals surface area contributed by atoms with E-state index in [0.29, 0.717) is 30.9 Å². The van der Waals surface area contributed by atoms with Crippen molar-refractivity contribution in [3.05, 3.63) is 59.7 Å². The van der Waals surface area contributed by atoms with Gasteiger partial charge in [0.25, 0.3) is 10.2 Å². The summed E-state index contributed by atoms with van der Waals surface area (Å²) in [6.07, 6.45) is 0.779. The first kappa shape index (κ1) is 21.5. The molecule has 4 rings (SSSR count). The minimum Gasteiger partial charge on any atom is -0.324 e. The molecule has 2 aliphatic heterocycles. The lowest BCUT2D eigenvalue weighted by Crippen LogP contribution is -2.49. The molecule has 0 saturated carbocycles. The Kier molecular flexibility index (Phi) is 5.83. The van der Waals surface area contributed by atoms with Gasteiger partial charge in [-0.05, 0) is 36.6 Å². The monoisotopic (exact) mass is 442 g/mol. The van der Waals surface area contributed by atoms with Crippen LogP contribution in [0.4, 0.5) is 11.4 Å². The Hall–Kier alpha value is -2.75. The normalized spacial score (nSPS) is 19.4. The molecule has 1 unspecified atom stereocenters. The van der Waals surface area contributed by atoms with Crippen molar-refractivity contribution in [3.63, 3.8) is 0 Å². The molecule has 164 valence electrons. The van der Waals surface area contributed by atoms with Crippen molar-refractivity contribution >= 4 is 33.4 Å². The van der Waals surface area contributed by atoms with Gasteiger partial charge in [0, 0.05) is 32.6 Å². The van der Waals surface area contributed by atoms with Crippen LogP contribution in [-0.2, 0) is 32.8 Å². The van der Waals surface area contributed by atoms with E-state index in [1.165, 1.54) is 16.3 Å². The number of carbonyl (C=O) groups is 2. The molecular formula is C22H26N4O4S. The van der Waals surface area contributed by atoms with Crippen molar-refractivity contribution in [1.29, 1.82) is 0 Å². The third-order valence-corrected chi connectivity index (χ3v) is 7.68. The molecule has 0 bridgehead atoms. The standard InChI is InChI=1S/C22H26N4O4S/c1-16-13-21(27)23-19-9-5-6-10-20(19)26(16)22(28)15-24(2)31(29,30)25-12-11-17-7-3-4-8-18(17)14-25/h3-10,16H,11-15H2,1-2H3,(H,23,27). The van der Waals surface area contributed by atoms with Crippen molar-refractivity contribution in [2.45, 2.75) is 32.4 Å². The maximum Gasteiger partial charge on any atom is 0.282 e. The topological polar surface area (TPSA) is 90.0 Å². The van der Waals surface area contributed by atoms with Gasteiger partial charge in [-0.25, -0.2) is 0 Å². The van der Waals surface area contributed by atoms with Crippen LogP contribution in [0, 0.1) is 0 Å². The molecule has 1 atom stereocenters. The molecule has 1 N–H and O–H groups in total. The van der Waals surface area contributed by atoms with Gasteiger partial charge in [-0.1, -0.05) is 36.4 Å². The zero-order chi connectivity index (χ0) is 22.2. The summed E-state index contributed by atoms with van der Waals surface area (Å²) in [5.74, 6) is -0.553. The van der Waals surface area contributed by atoms with E-state index in [0.717, 1.165) is 15.4 Å². The molecule has 0 aromatic heterocycles. The average molecular weight is 443 g/mol. The van der Waals surface area contributed by atoms with E-state index < -0.39 is 16.3 Å². The van der Waals surface area contributed by atoms with Crippen LogP contribution in [0.25, 0.3) is 0 Å². The van der Waals surface area contributed by atoms with Gasteiger partial charge < -0.3 is 10.2 Å². The summed E-state index contributed by atoms with van der Waals surface area (Å²) in [5.41, 5.74) is 3.25. The first-order valence-corrected chi connectivity index (χ1v) is 11.7. The fraction of sp³-hybridized carbons (Fsp3) is 0.364. The molecule has 9 heteroatoms. The number of hydrogen-bond donors (Lipinski definition) is 1. The third-order valence-electron chi connectivity index (χ3n) is 5.80. The van der Waals surface area contributed by atoms with Crippen LogP contribution in [0.3, 0.4) is 0 Å². The summed E-state index contributed by atoms with van der Waals surface area (Å²) in [5, 5.41) is 2.81. The quantitative estimate of drug-likeness (QED) is 0.784. The summed E-state index contributed by atoms with van der Waals surface area (Å²) in [6, 6.07) is 14.5. The predicted molar refractivity (Wildman–Crippen MR) is 119 cm³/mol. The first-order valence-electron chi connectivity index (χ1n) is 10.3. The van der Waals surface area contributed by atoms with Crippen LogP contribution >= 0.6 is 0 Å². The predicted octanol–water partition coefficient (Wildman–Crippen LogP) is 1.99. The molecule has 0 fully saturated rings. The molecule has 0 spiro atoms. The molecule has 8 nitrogen and oxygen atoms in total. The lowest BCUT2D eigenvalue weighted by Gasteiger charge is -2.33. The zero-order valence-electron chi connectivity index (χ0n) is 17.6. The summed E-state index contributed by atoms with van der Waals surface area (Å²) < 4.78 is 28.9. The smallest absolute Gasteiger partial charge is 0.282 e. The summed E-state index contributed by atoms with van der Waals surface area (Å²) in [7, 11) is -2.39. The largest absolute Gasteiger partial charge is 0.324 e. The van der Waals surface area contributed by atoms with E-state index in [2.05, 4.69) is 5.32 Å². The van der Waals surface area contributed by atoms with Gasteiger partial charge in [0.1, 0.15) is 0 Å². The number of hydrogen-bond acceptors (Lipinski definition) is 4. The summed E-state index contributed by atoms with van der Waals surface area (Å²) in [6.45, 7) is 2.14. The number of likely N-dealkylation sites (N-methyl/N-ethyl adjacent to an activating group) is 1. The Bertz CT molecular complexity index is 1120. The molecule has 0 saturated heterocycles. The molecule has 31 heavy (non-hydrogen) atoms. The number of para-hydroxylation sites is 2.